The van der Waals surface area contributed by atoms with Gasteiger partial charge in [0.05, 0.1) is 17.1 Å². The molecule has 3 rings (SSSR count). The van der Waals surface area contributed by atoms with Gasteiger partial charge in [0.1, 0.15) is 17.1 Å². The lowest BCUT2D eigenvalue weighted by atomic mass is 9.99. The number of fused-ring (bicyclic) bond motifs is 1. The predicted octanol–water partition coefficient (Wildman–Crippen LogP) is 5.32. The van der Waals surface area contributed by atoms with Gasteiger partial charge in [-0.1, -0.05) is 44.2 Å². The van der Waals surface area contributed by atoms with Gasteiger partial charge < -0.3 is 14.3 Å². The molecule has 142 valence electrons. The van der Waals surface area contributed by atoms with Crippen LogP contribution >= 0.6 is 0 Å². The van der Waals surface area contributed by atoms with Gasteiger partial charge in [0.25, 0.3) is 0 Å². The minimum absolute atomic E-state index is 0.0178. The lowest BCUT2D eigenvalue weighted by Gasteiger charge is -2.20. The second-order valence-electron chi connectivity index (χ2n) is 7.28. The van der Waals surface area contributed by atoms with E-state index in [9.17, 15) is 9.90 Å². The van der Waals surface area contributed by atoms with Gasteiger partial charge in [0.15, 0.2) is 0 Å². The van der Waals surface area contributed by atoms with Crippen LogP contribution in [0.5, 0.6) is 11.5 Å². The standard InChI is InChI=1S/C23H26O4/c1-16(2)12-13-18(26-17-8-4-3-5-9-17)14-15-20-22(24)19-10-6-7-11-21(19)27-23(20)25/h3-11,16,18,24H,12-15H2,1-2H3. The summed E-state index contributed by atoms with van der Waals surface area (Å²) >= 11 is 0. The van der Waals surface area contributed by atoms with Gasteiger partial charge in [0, 0.05) is 0 Å². The van der Waals surface area contributed by atoms with Gasteiger partial charge in [-0.15, -0.1) is 0 Å². The Kier molecular flexibility index (Phi) is 6.17. The first kappa shape index (κ1) is 19.0. The molecule has 0 aliphatic carbocycles. The van der Waals surface area contributed by atoms with Crippen molar-refractivity contribution in [2.45, 2.75) is 45.6 Å². The molecule has 0 radical (unpaired) electrons. The molecule has 1 aromatic heterocycles. The van der Waals surface area contributed by atoms with Gasteiger partial charge in [0.2, 0.25) is 0 Å². The highest BCUT2D eigenvalue weighted by molar-refractivity contribution is 5.83. The Labute approximate surface area is 159 Å². The summed E-state index contributed by atoms with van der Waals surface area (Å²) in [5, 5.41) is 11.1. The van der Waals surface area contributed by atoms with E-state index in [4.69, 9.17) is 9.15 Å². The number of hydrogen-bond donors (Lipinski definition) is 1. The maximum absolute atomic E-state index is 12.3. The summed E-state index contributed by atoms with van der Waals surface area (Å²) in [6, 6.07) is 16.7. The largest absolute Gasteiger partial charge is 0.507 e. The molecule has 0 aliphatic heterocycles. The molecule has 1 atom stereocenters. The first-order chi connectivity index (χ1) is 13.0. The van der Waals surface area contributed by atoms with E-state index in [0.717, 1.165) is 18.6 Å². The predicted molar refractivity (Wildman–Crippen MR) is 107 cm³/mol. The van der Waals surface area contributed by atoms with Crippen LogP contribution in [0.1, 0.15) is 38.7 Å². The van der Waals surface area contributed by atoms with Gasteiger partial charge in [-0.3, -0.25) is 0 Å². The van der Waals surface area contributed by atoms with Crippen molar-refractivity contribution < 1.29 is 14.3 Å². The Morgan fingerprint density at radius 1 is 0.963 bits per heavy atom. The molecule has 4 heteroatoms. The maximum atomic E-state index is 12.3. The molecule has 0 saturated heterocycles. The van der Waals surface area contributed by atoms with Crippen molar-refractivity contribution in [2.75, 3.05) is 0 Å². The molecule has 0 saturated carbocycles. The van der Waals surface area contributed by atoms with Crippen molar-refractivity contribution in [3.63, 3.8) is 0 Å². The number of benzene rings is 2. The SMILES string of the molecule is CC(C)CCC(CCc1c(O)c2ccccc2oc1=O)Oc1ccccc1. The molecule has 4 nitrogen and oxygen atoms in total. The van der Waals surface area contributed by atoms with Crippen LogP contribution in [0, 0.1) is 5.92 Å². The summed E-state index contributed by atoms with van der Waals surface area (Å²) in [4.78, 5) is 12.3. The van der Waals surface area contributed by atoms with Crippen molar-refractivity contribution in [1.82, 2.24) is 0 Å². The van der Waals surface area contributed by atoms with Crippen LogP contribution < -0.4 is 10.4 Å². The van der Waals surface area contributed by atoms with E-state index in [1.165, 1.54) is 0 Å². The lowest BCUT2D eigenvalue weighted by molar-refractivity contribution is 0.172. The van der Waals surface area contributed by atoms with Crippen molar-refractivity contribution >= 4 is 11.0 Å². The second kappa shape index (κ2) is 8.76. The summed E-state index contributed by atoms with van der Waals surface area (Å²) in [7, 11) is 0. The number of aromatic hydroxyl groups is 1. The molecule has 0 spiro atoms. The Bertz CT molecular complexity index is 928. The highest BCUT2D eigenvalue weighted by Crippen LogP contribution is 2.28. The van der Waals surface area contributed by atoms with E-state index in [1.54, 1.807) is 18.2 Å². The van der Waals surface area contributed by atoms with E-state index in [-0.39, 0.29) is 11.9 Å². The van der Waals surface area contributed by atoms with E-state index in [0.29, 0.717) is 35.3 Å². The number of para-hydroxylation sites is 2. The average molecular weight is 366 g/mol. The van der Waals surface area contributed by atoms with Crippen LogP contribution in [-0.2, 0) is 6.42 Å². The minimum atomic E-state index is -0.478. The first-order valence-corrected chi connectivity index (χ1v) is 9.50. The zero-order valence-corrected chi connectivity index (χ0v) is 15.9. The zero-order chi connectivity index (χ0) is 19.2. The fourth-order valence-corrected chi connectivity index (χ4v) is 3.17. The molecule has 0 amide bonds. The molecular formula is C23H26O4. The molecular weight excluding hydrogens is 340 g/mol. The third-order valence-corrected chi connectivity index (χ3v) is 4.71. The normalized spacial score (nSPS) is 12.4. The Morgan fingerprint density at radius 3 is 2.41 bits per heavy atom. The monoisotopic (exact) mass is 366 g/mol. The van der Waals surface area contributed by atoms with Crippen LogP contribution in [0.25, 0.3) is 11.0 Å². The molecule has 2 aromatic carbocycles. The lowest BCUT2D eigenvalue weighted by Crippen LogP contribution is -2.20. The van der Waals surface area contributed by atoms with E-state index < -0.39 is 5.63 Å². The van der Waals surface area contributed by atoms with Crippen LogP contribution in [0.4, 0.5) is 0 Å². The summed E-state index contributed by atoms with van der Waals surface area (Å²) in [6.45, 7) is 4.37. The molecule has 27 heavy (non-hydrogen) atoms. The van der Waals surface area contributed by atoms with Crippen molar-refractivity contribution in [3.8, 4) is 11.5 Å². The molecule has 3 aromatic rings. The van der Waals surface area contributed by atoms with Gasteiger partial charge in [-0.05, 0) is 55.9 Å². The van der Waals surface area contributed by atoms with Gasteiger partial charge >= 0.3 is 5.63 Å². The van der Waals surface area contributed by atoms with Crippen LogP contribution in [0.3, 0.4) is 0 Å². The molecule has 0 fully saturated rings. The quantitative estimate of drug-likeness (QED) is 0.549. The van der Waals surface area contributed by atoms with Gasteiger partial charge in [-0.2, -0.15) is 0 Å². The highest BCUT2D eigenvalue weighted by Gasteiger charge is 2.18. The molecule has 1 N–H and O–H groups in total. The van der Waals surface area contributed by atoms with Crippen molar-refractivity contribution in [3.05, 3.63) is 70.6 Å². The Hall–Kier alpha value is -2.75. The Balaban J connectivity index is 1.78. The average Bonchev–Trinajstić information content (AvgIpc) is 2.66. The van der Waals surface area contributed by atoms with Crippen molar-refractivity contribution in [2.24, 2.45) is 5.92 Å². The molecule has 1 unspecified atom stereocenters. The van der Waals surface area contributed by atoms with E-state index in [2.05, 4.69) is 13.8 Å². The van der Waals surface area contributed by atoms with Crippen LogP contribution in [-0.4, -0.2) is 11.2 Å². The topological polar surface area (TPSA) is 59.7 Å². The third-order valence-electron chi connectivity index (χ3n) is 4.71. The third kappa shape index (κ3) is 4.91. The first-order valence-electron chi connectivity index (χ1n) is 9.50. The number of rotatable bonds is 8. The second-order valence-corrected chi connectivity index (χ2v) is 7.28. The van der Waals surface area contributed by atoms with Crippen molar-refractivity contribution in [1.29, 1.82) is 0 Å². The summed E-state index contributed by atoms with van der Waals surface area (Å²) in [5.41, 5.74) is 0.245. The number of hydrogen-bond acceptors (Lipinski definition) is 4. The molecule has 0 bridgehead atoms. The summed E-state index contributed by atoms with van der Waals surface area (Å²) in [5.74, 6) is 1.41. The minimum Gasteiger partial charge on any atom is -0.507 e. The smallest absolute Gasteiger partial charge is 0.343 e. The zero-order valence-electron chi connectivity index (χ0n) is 15.9. The van der Waals surface area contributed by atoms with Gasteiger partial charge in [-0.25, -0.2) is 4.79 Å². The summed E-state index contributed by atoms with van der Waals surface area (Å²) in [6.07, 6.45) is 2.95. The Morgan fingerprint density at radius 2 is 1.67 bits per heavy atom. The van der Waals surface area contributed by atoms with E-state index >= 15 is 0 Å². The fourth-order valence-electron chi connectivity index (χ4n) is 3.17. The number of ether oxygens (including phenoxy) is 1. The fraction of sp³-hybridized carbons (Fsp3) is 0.348. The maximum Gasteiger partial charge on any atom is 0.343 e. The summed E-state index contributed by atoms with van der Waals surface area (Å²) < 4.78 is 11.5. The highest BCUT2D eigenvalue weighted by atomic mass is 16.5. The van der Waals surface area contributed by atoms with E-state index in [1.807, 2.05) is 36.4 Å². The molecule has 1 heterocycles. The van der Waals surface area contributed by atoms with Crippen LogP contribution in [0.2, 0.25) is 0 Å². The molecule has 0 aliphatic rings. The van der Waals surface area contributed by atoms with Crippen LogP contribution in [0.15, 0.2) is 63.8 Å².